The van der Waals surface area contributed by atoms with Gasteiger partial charge in [0.05, 0.1) is 6.61 Å². The Morgan fingerprint density at radius 3 is 1.90 bits per heavy atom. The molecule has 0 aliphatic carbocycles. The lowest BCUT2D eigenvalue weighted by molar-refractivity contribution is 0.0973. The fourth-order valence-corrected chi connectivity index (χ4v) is 4.25. The van der Waals surface area contributed by atoms with E-state index in [1.54, 1.807) is 0 Å². The third-order valence-electron chi connectivity index (χ3n) is 5.23. The van der Waals surface area contributed by atoms with Crippen molar-refractivity contribution < 1.29 is 14.3 Å². The highest BCUT2D eigenvalue weighted by molar-refractivity contribution is 7.99. The largest absolute Gasteiger partial charge is 0.513 e. The van der Waals surface area contributed by atoms with E-state index >= 15 is 0 Å². The minimum Gasteiger partial charge on any atom is -0.434 e. The van der Waals surface area contributed by atoms with Gasteiger partial charge < -0.3 is 9.47 Å². The van der Waals surface area contributed by atoms with Crippen molar-refractivity contribution in [2.75, 3.05) is 12.4 Å². The summed E-state index contributed by atoms with van der Waals surface area (Å²) >= 11 is 1.93. The summed E-state index contributed by atoms with van der Waals surface area (Å²) in [7, 11) is 0. The maximum absolute atomic E-state index is 11.8. The number of ether oxygens (including phenoxy) is 2. The van der Waals surface area contributed by atoms with Gasteiger partial charge in [-0.25, -0.2) is 4.79 Å². The van der Waals surface area contributed by atoms with Crippen LogP contribution in [0, 0.1) is 0 Å². The fourth-order valence-electron chi connectivity index (χ4n) is 3.34. The van der Waals surface area contributed by atoms with E-state index in [2.05, 4.69) is 38.1 Å². The third kappa shape index (κ3) is 10.8. The molecule has 4 heteroatoms. The van der Waals surface area contributed by atoms with Crippen molar-refractivity contribution in [2.24, 2.45) is 0 Å². The van der Waals surface area contributed by atoms with Gasteiger partial charge in [-0.1, -0.05) is 89.5 Å². The van der Waals surface area contributed by atoms with Gasteiger partial charge in [-0.2, -0.15) is 0 Å². The number of carbonyl (C=O) groups is 1. The van der Waals surface area contributed by atoms with Crippen molar-refractivity contribution in [3.63, 3.8) is 0 Å². The van der Waals surface area contributed by atoms with Crippen LogP contribution in [0.15, 0.2) is 53.4 Å². The molecule has 0 atom stereocenters. The van der Waals surface area contributed by atoms with E-state index < -0.39 is 6.16 Å². The predicted molar refractivity (Wildman–Crippen MR) is 132 cm³/mol. The number of rotatable bonds is 15. The Labute approximate surface area is 192 Å². The molecule has 0 aliphatic rings. The molecule has 0 spiro atoms. The first kappa shape index (κ1) is 25.3. The first-order valence-electron chi connectivity index (χ1n) is 11.9. The molecule has 0 N–H and O–H groups in total. The van der Waals surface area contributed by atoms with E-state index in [1.807, 2.05) is 36.0 Å². The summed E-state index contributed by atoms with van der Waals surface area (Å²) in [4.78, 5) is 13.2. The van der Waals surface area contributed by atoms with Crippen molar-refractivity contribution in [1.82, 2.24) is 0 Å². The zero-order chi connectivity index (χ0) is 22.2. The van der Waals surface area contributed by atoms with Gasteiger partial charge in [0.1, 0.15) is 5.75 Å². The van der Waals surface area contributed by atoms with Gasteiger partial charge in [-0.05, 0) is 54.0 Å². The molecule has 0 radical (unpaired) electrons. The fraction of sp³-hybridized carbons (Fsp3) is 0.519. The molecule has 2 rings (SSSR count). The summed E-state index contributed by atoms with van der Waals surface area (Å²) in [6, 6.07) is 16.3. The molecular weight excluding hydrogens is 404 g/mol. The molecule has 0 aromatic heterocycles. The smallest absolute Gasteiger partial charge is 0.434 e. The van der Waals surface area contributed by atoms with Crippen LogP contribution in [0.25, 0.3) is 11.1 Å². The lowest BCUT2D eigenvalue weighted by Crippen LogP contribution is -2.11. The second-order valence-electron chi connectivity index (χ2n) is 7.93. The zero-order valence-corrected chi connectivity index (χ0v) is 20.1. The number of thioether (sulfide) groups is 1. The Morgan fingerprint density at radius 1 is 0.710 bits per heavy atom. The van der Waals surface area contributed by atoms with Gasteiger partial charge in [0, 0.05) is 4.90 Å². The van der Waals surface area contributed by atoms with Crippen molar-refractivity contribution >= 4 is 17.9 Å². The standard InChI is InChI=1S/C27H38O3S/c1-3-5-7-9-10-11-21-29-27(28)30-25-17-13-23(14-18-25)24-15-19-26(20-16-24)31-22-12-8-6-4-2/h13-20H,3-12,21-22H2,1-2H3. The van der Waals surface area contributed by atoms with E-state index in [4.69, 9.17) is 9.47 Å². The van der Waals surface area contributed by atoms with Crippen molar-refractivity contribution in [3.8, 4) is 16.9 Å². The SMILES string of the molecule is CCCCCCCCOC(=O)Oc1ccc(-c2ccc(SCCCCCC)cc2)cc1. The summed E-state index contributed by atoms with van der Waals surface area (Å²) in [5.74, 6) is 1.69. The van der Waals surface area contributed by atoms with E-state index in [-0.39, 0.29) is 0 Å². The van der Waals surface area contributed by atoms with Crippen LogP contribution in [-0.2, 0) is 4.74 Å². The first-order valence-corrected chi connectivity index (χ1v) is 12.9. The number of hydrogen-bond acceptors (Lipinski definition) is 4. The van der Waals surface area contributed by atoms with E-state index in [0.29, 0.717) is 12.4 Å². The molecule has 2 aromatic carbocycles. The molecule has 31 heavy (non-hydrogen) atoms. The Bertz CT molecular complexity index is 725. The number of benzene rings is 2. The molecule has 0 amide bonds. The Kier molecular flexibility index (Phi) is 12.9. The Hall–Kier alpha value is -1.94. The normalized spacial score (nSPS) is 10.8. The lowest BCUT2D eigenvalue weighted by Gasteiger charge is -2.08. The van der Waals surface area contributed by atoms with Crippen molar-refractivity contribution in [1.29, 1.82) is 0 Å². The zero-order valence-electron chi connectivity index (χ0n) is 19.2. The predicted octanol–water partition coefficient (Wildman–Crippen LogP) is 8.90. The molecule has 0 saturated heterocycles. The molecule has 0 unspecified atom stereocenters. The summed E-state index contributed by atoms with van der Waals surface area (Å²) in [5.41, 5.74) is 2.26. The molecule has 0 fully saturated rings. The van der Waals surface area contributed by atoms with Crippen LogP contribution in [-0.4, -0.2) is 18.5 Å². The topological polar surface area (TPSA) is 35.5 Å². The molecule has 0 aliphatic heterocycles. The Balaban J connectivity index is 1.70. The molecule has 2 aromatic rings. The minimum absolute atomic E-state index is 0.423. The van der Waals surface area contributed by atoms with Gasteiger partial charge in [-0.3, -0.25) is 0 Å². The first-order chi connectivity index (χ1) is 15.2. The quantitative estimate of drug-likeness (QED) is 0.119. The van der Waals surface area contributed by atoms with E-state index in [1.165, 1.54) is 62.0 Å². The lowest BCUT2D eigenvalue weighted by atomic mass is 10.1. The van der Waals surface area contributed by atoms with Crippen LogP contribution in [0.4, 0.5) is 4.79 Å². The second kappa shape index (κ2) is 15.8. The van der Waals surface area contributed by atoms with Gasteiger partial charge in [-0.15, -0.1) is 11.8 Å². The highest BCUT2D eigenvalue weighted by Gasteiger charge is 2.07. The molecule has 3 nitrogen and oxygen atoms in total. The molecular formula is C27H38O3S. The van der Waals surface area contributed by atoms with E-state index in [0.717, 1.165) is 24.0 Å². The average molecular weight is 443 g/mol. The van der Waals surface area contributed by atoms with Crippen LogP contribution in [0.5, 0.6) is 5.75 Å². The molecule has 170 valence electrons. The highest BCUT2D eigenvalue weighted by atomic mass is 32.2. The van der Waals surface area contributed by atoms with Crippen LogP contribution in [0.3, 0.4) is 0 Å². The summed E-state index contributed by atoms with van der Waals surface area (Å²) < 4.78 is 10.4. The molecule has 0 heterocycles. The van der Waals surface area contributed by atoms with E-state index in [9.17, 15) is 4.79 Å². The average Bonchev–Trinajstić information content (AvgIpc) is 2.79. The van der Waals surface area contributed by atoms with Crippen LogP contribution < -0.4 is 4.74 Å². The third-order valence-corrected chi connectivity index (χ3v) is 6.33. The summed E-state index contributed by atoms with van der Waals surface area (Å²) in [6.45, 7) is 4.87. The maximum atomic E-state index is 11.8. The van der Waals surface area contributed by atoms with Crippen LogP contribution >= 0.6 is 11.8 Å². The van der Waals surface area contributed by atoms with Gasteiger partial charge >= 0.3 is 6.16 Å². The van der Waals surface area contributed by atoms with Gasteiger partial charge in [0.2, 0.25) is 0 Å². The Morgan fingerprint density at radius 2 is 1.26 bits per heavy atom. The van der Waals surface area contributed by atoms with Gasteiger partial charge in [0.25, 0.3) is 0 Å². The monoisotopic (exact) mass is 442 g/mol. The molecule has 0 saturated carbocycles. The molecule has 0 bridgehead atoms. The van der Waals surface area contributed by atoms with Crippen LogP contribution in [0.1, 0.15) is 78.1 Å². The second-order valence-corrected chi connectivity index (χ2v) is 9.09. The summed E-state index contributed by atoms with van der Waals surface area (Å²) in [5, 5.41) is 0. The van der Waals surface area contributed by atoms with Gasteiger partial charge in [0.15, 0.2) is 0 Å². The summed E-state index contributed by atoms with van der Waals surface area (Å²) in [6.07, 6.45) is 11.6. The number of carbonyl (C=O) groups excluding carboxylic acids is 1. The van der Waals surface area contributed by atoms with Crippen molar-refractivity contribution in [2.45, 2.75) is 83.0 Å². The minimum atomic E-state index is -0.623. The highest BCUT2D eigenvalue weighted by Crippen LogP contribution is 2.26. The van der Waals surface area contributed by atoms with Crippen molar-refractivity contribution in [3.05, 3.63) is 48.5 Å². The van der Waals surface area contributed by atoms with Crippen LogP contribution in [0.2, 0.25) is 0 Å². The number of hydrogen-bond donors (Lipinski definition) is 0. The number of unbranched alkanes of at least 4 members (excludes halogenated alkanes) is 8. The maximum Gasteiger partial charge on any atom is 0.513 e.